The third-order valence-electron chi connectivity index (χ3n) is 7.47. The summed E-state index contributed by atoms with van der Waals surface area (Å²) in [5.74, 6) is -0.459. The van der Waals surface area contributed by atoms with Crippen LogP contribution < -0.4 is 9.64 Å². The number of ether oxygens (including phenoxy) is 1. The highest BCUT2D eigenvalue weighted by Crippen LogP contribution is 2.44. The molecule has 0 aromatic heterocycles. The van der Waals surface area contributed by atoms with Gasteiger partial charge in [0.15, 0.2) is 5.17 Å². The van der Waals surface area contributed by atoms with E-state index < -0.39 is 5.97 Å². The number of carboxylic acid groups (broad SMARTS) is 1. The first-order valence-electron chi connectivity index (χ1n) is 14.0. The lowest BCUT2D eigenvalue weighted by atomic mass is 9.87. The second-order valence-corrected chi connectivity index (χ2v) is 12.0. The number of amides is 1. The Bertz CT molecular complexity index is 1610. The second kappa shape index (κ2) is 11.9. The first-order valence-corrected chi connectivity index (χ1v) is 14.8. The molecule has 8 heteroatoms. The summed E-state index contributed by atoms with van der Waals surface area (Å²) in [6.45, 7) is 9.94. The Hall–Kier alpha value is -4.30. The number of nitrogens with zero attached hydrogens (tertiary/aromatic N) is 3. The zero-order chi connectivity index (χ0) is 30.0. The third-order valence-corrected chi connectivity index (χ3v) is 8.48. The minimum absolute atomic E-state index is 0.124. The molecule has 5 rings (SSSR count). The number of benzene rings is 3. The highest BCUT2D eigenvalue weighted by molar-refractivity contribution is 8.18. The van der Waals surface area contributed by atoms with Crippen LogP contribution in [0.25, 0.3) is 11.6 Å². The molecule has 0 aliphatic carbocycles. The highest BCUT2D eigenvalue weighted by atomic mass is 32.2. The minimum atomic E-state index is -0.989. The van der Waals surface area contributed by atoms with Gasteiger partial charge >= 0.3 is 5.97 Å². The number of carbonyl (C=O) groups is 2. The summed E-state index contributed by atoms with van der Waals surface area (Å²) < 4.78 is 5.86. The van der Waals surface area contributed by atoms with Crippen molar-refractivity contribution in [3.05, 3.63) is 100.0 Å². The fourth-order valence-electron chi connectivity index (χ4n) is 5.46. The van der Waals surface area contributed by atoms with Crippen molar-refractivity contribution in [2.45, 2.75) is 46.2 Å². The summed E-state index contributed by atoms with van der Waals surface area (Å²) in [6.07, 6.45) is 5.20. The number of carbonyl (C=O) groups excluding carboxylic acids is 1. The predicted molar refractivity (Wildman–Crippen MR) is 171 cm³/mol. The van der Waals surface area contributed by atoms with Crippen LogP contribution in [0.1, 0.15) is 61.2 Å². The van der Waals surface area contributed by atoms with Crippen molar-refractivity contribution in [3.63, 3.8) is 0 Å². The molecule has 1 fully saturated rings. The fraction of sp³-hybridized carbons (Fsp3) is 0.265. The number of methoxy groups -OCH3 is 1. The standard InChI is InChI=1S/C34H35N3O4S/c1-6-16-37-28-19-29(41-5)25(17-27(28)22(2)20-34(37,3)4)18-30-31(38)36(21-23-12-14-24(15-13-23)32(39)40)33(42-30)35-26-10-8-7-9-11-26/h7-15,17-20H,6,16,21H2,1-5H3,(H,39,40)/b30-18+,35-33?. The van der Waals surface area contributed by atoms with Gasteiger partial charge in [0.05, 0.1) is 35.3 Å². The zero-order valence-corrected chi connectivity index (χ0v) is 25.4. The van der Waals surface area contributed by atoms with Gasteiger partial charge in [0.2, 0.25) is 0 Å². The molecule has 1 saturated heterocycles. The molecule has 0 radical (unpaired) electrons. The van der Waals surface area contributed by atoms with Crippen LogP contribution in [0.15, 0.2) is 82.7 Å². The smallest absolute Gasteiger partial charge is 0.335 e. The molecule has 3 aromatic rings. The van der Waals surface area contributed by atoms with Crippen LogP contribution in [0, 0.1) is 0 Å². The molecule has 1 amide bonds. The van der Waals surface area contributed by atoms with Crippen LogP contribution in [-0.4, -0.2) is 46.2 Å². The Morgan fingerprint density at radius 3 is 2.45 bits per heavy atom. The molecule has 0 saturated carbocycles. The van der Waals surface area contributed by atoms with Gasteiger partial charge in [0.1, 0.15) is 5.75 Å². The average Bonchev–Trinajstić information content (AvgIpc) is 3.24. The summed E-state index contributed by atoms with van der Waals surface area (Å²) in [5, 5.41) is 9.83. The Balaban J connectivity index is 1.55. The van der Waals surface area contributed by atoms with Crippen LogP contribution in [0.3, 0.4) is 0 Å². The quantitative estimate of drug-likeness (QED) is 0.276. The summed E-state index contributed by atoms with van der Waals surface area (Å²) in [6, 6.07) is 20.3. The van der Waals surface area contributed by atoms with Gasteiger partial charge in [-0.15, -0.1) is 0 Å². The molecule has 1 N–H and O–H groups in total. The lowest BCUT2D eigenvalue weighted by Gasteiger charge is -2.43. The van der Waals surface area contributed by atoms with Crippen LogP contribution in [0.2, 0.25) is 0 Å². The van der Waals surface area contributed by atoms with Crippen molar-refractivity contribution in [2.24, 2.45) is 4.99 Å². The van der Waals surface area contributed by atoms with E-state index in [9.17, 15) is 14.7 Å². The van der Waals surface area contributed by atoms with E-state index in [1.54, 1.807) is 36.3 Å². The van der Waals surface area contributed by atoms with Gasteiger partial charge in [-0.1, -0.05) is 43.3 Å². The number of amidine groups is 1. The number of aromatic carboxylic acids is 1. The van der Waals surface area contributed by atoms with Crippen molar-refractivity contribution in [1.82, 2.24) is 4.90 Å². The molecular weight excluding hydrogens is 546 g/mol. The normalized spacial score (nSPS) is 17.9. The van der Waals surface area contributed by atoms with Crippen LogP contribution >= 0.6 is 11.8 Å². The molecule has 2 aliphatic rings. The van der Waals surface area contributed by atoms with Crippen molar-refractivity contribution < 1.29 is 19.4 Å². The number of para-hydroxylation sites is 1. The van der Waals surface area contributed by atoms with Gasteiger partial charge in [0.25, 0.3) is 5.91 Å². The number of fused-ring (bicyclic) bond motifs is 1. The minimum Gasteiger partial charge on any atom is -0.496 e. The maximum atomic E-state index is 13.9. The SMILES string of the molecule is CCCN1c2cc(OC)c(/C=C3/SC(=Nc4ccccc4)N(Cc4ccc(C(=O)O)cc4)C3=O)cc2C(C)=CC1(C)C. The average molecular weight is 582 g/mol. The maximum absolute atomic E-state index is 13.9. The number of hydrogen-bond donors (Lipinski definition) is 1. The largest absolute Gasteiger partial charge is 0.496 e. The van der Waals surface area contributed by atoms with Gasteiger partial charge in [0, 0.05) is 29.4 Å². The van der Waals surface area contributed by atoms with Crippen molar-refractivity contribution in [1.29, 1.82) is 0 Å². The van der Waals surface area contributed by atoms with E-state index in [-0.39, 0.29) is 23.6 Å². The Morgan fingerprint density at radius 2 is 1.81 bits per heavy atom. The first-order chi connectivity index (χ1) is 20.1. The number of rotatable bonds is 8. The van der Waals surface area contributed by atoms with Crippen molar-refractivity contribution in [3.8, 4) is 5.75 Å². The predicted octanol–water partition coefficient (Wildman–Crippen LogP) is 7.61. The number of carboxylic acids is 1. The van der Waals surface area contributed by atoms with E-state index in [0.717, 1.165) is 41.0 Å². The molecule has 0 bridgehead atoms. The number of aliphatic imine (C=N–C) groups is 1. The highest BCUT2D eigenvalue weighted by Gasteiger charge is 2.35. The van der Waals surface area contributed by atoms with E-state index in [2.05, 4.69) is 50.8 Å². The summed E-state index contributed by atoms with van der Waals surface area (Å²) in [7, 11) is 1.66. The van der Waals surface area contributed by atoms with Gasteiger partial charge in [-0.05, 0) is 86.5 Å². The molecule has 0 atom stereocenters. The van der Waals surface area contributed by atoms with E-state index in [4.69, 9.17) is 9.73 Å². The number of anilines is 1. The molecule has 3 aromatic carbocycles. The fourth-order valence-corrected chi connectivity index (χ4v) is 6.45. The van der Waals surface area contributed by atoms with E-state index in [1.165, 1.54) is 17.3 Å². The zero-order valence-electron chi connectivity index (χ0n) is 24.5. The Morgan fingerprint density at radius 1 is 1.10 bits per heavy atom. The van der Waals surface area contributed by atoms with Gasteiger partial charge in [-0.3, -0.25) is 9.69 Å². The topological polar surface area (TPSA) is 82.4 Å². The molecule has 2 heterocycles. The van der Waals surface area contributed by atoms with Crippen LogP contribution in [-0.2, 0) is 11.3 Å². The molecule has 7 nitrogen and oxygen atoms in total. The first kappa shape index (κ1) is 29.2. The summed E-state index contributed by atoms with van der Waals surface area (Å²) in [4.78, 5) is 34.6. The van der Waals surface area contributed by atoms with E-state index in [1.807, 2.05) is 36.4 Å². The van der Waals surface area contributed by atoms with Crippen LogP contribution in [0.5, 0.6) is 5.75 Å². The van der Waals surface area contributed by atoms with Crippen molar-refractivity contribution in [2.75, 3.05) is 18.6 Å². The third kappa shape index (κ3) is 5.85. The monoisotopic (exact) mass is 581 g/mol. The number of allylic oxidation sites excluding steroid dienone is 1. The number of hydrogen-bond acceptors (Lipinski definition) is 6. The Kier molecular flexibility index (Phi) is 8.27. The Labute approximate surface area is 251 Å². The molecule has 42 heavy (non-hydrogen) atoms. The molecular formula is C34H35N3O4S. The molecule has 0 unspecified atom stereocenters. The van der Waals surface area contributed by atoms with Gasteiger partial charge in [-0.2, -0.15) is 0 Å². The molecule has 2 aliphatic heterocycles. The lowest BCUT2D eigenvalue weighted by Crippen LogP contribution is -2.45. The lowest BCUT2D eigenvalue weighted by molar-refractivity contribution is -0.122. The summed E-state index contributed by atoms with van der Waals surface area (Å²) >= 11 is 1.32. The van der Waals surface area contributed by atoms with E-state index in [0.29, 0.717) is 15.8 Å². The maximum Gasteiger partial charge on any atom is 0.335 e. The van der Waals surface area contributed by atoms with Crippen LogP contribution in [0.4, 0.5) is 11.4 Å². The van der Waals surface area contributed by atoms with Gasteiger partial charge in [-0.25, -0.2) is 9.79 Å². The van der Waals surface area contributed by atoms with E-state index >= 15 is 0 Å². The number of thioether (sulfide) groups is 1. The van der Waals surface area contributed by atoms with Gasteiger partial charge < -0.3 is 14.7 Å². The summed E-state index contributed by atoms with van der Waals surface area (Å²) in [5.41, 5.74) is 5.89. The second-order valence-electron chi connectivity index (χ2n) is 11.0. The molecule has 216 valence electrons. The van der Waals surface area contributed by atoms with Crippen molar-refractivity contribution >= 4 is 51.8 Å². The molecule has 0 spiro atoms.